The molecule has 2 aromatic rings. The molecule has 0 saturated carbocycles. The summed E-state index contributed by atoms with van der Waals surface area (Å²) in [5, 5.41) is 6.44. The van der Waals surface area contributed by atoms with Gasteiger partial charge < -0.3 is 15.0 Å². The van der Waals surface area contributed by atoms with E-state index in [4.69, 9.17) is 16.3 Å². The predicted molar refractivity (Wildman–Crippen MR) is 93.7 cm³/mol. The zero-order valence-corrected chi connectivity index (χ0v) is 14.4. The maximum Gasteiger partial charge on any atom is 0.230 e. The van der Waals surface area contributed by atoms with Gasteiger partial charge in [0.15, 0.2) is 0 Å². The molecule has 3 rings (SSSR count). The van der Waals surface area contributed by atoms with Crippen molar-refractivity contribution >= 4 is 40.2 Å². The molecule has 1 aliphatic heterocycles. The van der Waals surface area contributed by atoms with E-state index in [1.165, 1.54) is 0 Å². The van der Waals surface area contributed by atoms with E-state index in [0.29, 0.717) is 18.2 Å². The van der Waals surface area contributed by atoms with Crippen LogP contribution in [-0.4, -0.2) is 37.2 Å². The number of halogens is 1. The monoisotopic (exact) mass is 351 g/mol. The quantitative estimate of drug-likeness (QED) is 0.919. The molecule has 1 amide bonds. The molecule has 2 heterocycles. The second-order valence-electron chi connectivity index (χ2n) is 5.34. The fourth-order valence-electron chi connectivity index (χ4n) is 2.54. The molecular formula is C16H18ClN3O2S. The number of aromatic nitrogens is 1. The molecule has 23 heavy (non-hydrogen) atoms. The van der Waals surface area contributed by atoms with Crippen LogP contribution >= 0.6 is 22.9 Å². The summed E-state index contributed by atoms with van der Waals surface area (Å²) in [4.78, 5) is 18.8. The lowest BCUT2D eigenvalue weighted by Crippen LogP contribution is -2.36. The number of morpholine rings is 1. The standard InChI is InChI=1S/C16H18ClN3O2S/c1-11-18-13(10-23-11)9-16(21)19-14-8-12(17)2-3-15(14)20-4-6-22-7-5-20/h2-3,8,10H,4-7,9H2,1H3,(H,19,21). The van der Waals surface area contributed by atoms with Gasteiger partial charge in [0.05, 0.1) is 41.7 Å². The third-order valence-electron chi connectivity index (χ3n) is 3.59. The summed E-state index contributed by atoms with van der Waals surface area (Å²) in [6, 6.07) is 5.57. The Hall–Kier alpha value is -1.63. The van der Waals surface area contributed by atoms with E-state index < -0.39 is 0 Å². The maximum atomic E-state index is 12.3. The summed E-state index contributed by atoms with van der Waals surface area (Å²) in [6.45, 7) is 4.91. The van der Waals surface area contributed by atoms with Crippen molar-refractivity contribution in [2.75, 3.05) is 36.5 Å². The highest BCUT2D eigenvalue weighted by Crippen LogP contribution is 2.30. The van der Waals surface area contributed by atoms with Crippen LogP contribution in [0.2, 0.25) is 5.02 Å². The van der Waals surface area contributed by atoms with E-state index in [-0.39, 0.29) is 12.3 Å². The van der Waals surface area contributed by atoms with Crippen molar-refractivity contribution in [3.8, 4) is 0 Å². The van der Waals surface area contributed by atoms with E-state index in [9.17, 15) is 4.79 Å². The molecule has 5 nitrogen and oxygen atoms in total. The summed E-state index contributed by atoms with van der Waals surface area (Å²) in [7, 11) is 0. The highest BCUT2D eigenvalue weighted by Gasteiger charge is 2.17. The van der Waals surface area contributed by atoms with Crippen LogP contribution in [0.5, 0.6) is 0 Å². The first kappa shape index (κ1) is 16.2. The largest absolute Gasteiger partial charge is 0.378 e. The van der Waals surface area contributed by atoms with Gasteiger partial charge in [-0.05, 0) is 25.1 Å². The molecule has 1 fully saturated rings. The molecule has 1 aromatic heterocycles. The number of amides is 1. The van der Waals surface area contributed by atoms with Gasteiger partial charge in [-0.15, -0.1) is 11.3 Å². The molecule has 122 valence electrons. The van der Waals surface area contributed by atoms with Crippen LogP contribution < -0.4 is 10.2 Å². The Morgan fingerprint density at radius 1 is 1.43 bits per heavy atom. The van der Waals surface area contributed by atoms with Crippen LogP contribution in [0.3, 0.4) is 0 Å². The smallest absolute Gasteiger partial charge is 0.230 e. The SMILES string of the molecule is Cc1nc(CC(=O)Nc2cc(Cl)ccc2N2CCOCC2)cs1. The lowest BCUT2D eigenvalue weighted by molar-refractivity contribution is -0.115. The fourth-order valence-corrected chi connectivity index (χ4v) is 3.32. The second-order valence-corrected chi connectivity index (χ2v) is 6.84. The number of anilines is 2. The van der Waals surface area contributed by atoms with Crippen LogP contribution in [0.1, 0.15) is 10.7 Å². The van der Waals surface area contributed by atoms with Gasteiger partial charge in [0.1, 0.15) is 0 Å². The van der Waals surface area contributed by atoms with Gasteiger partial charge in [-0.2, -0.15) is 0 Å². The molecule has 0 spiro atoms. The third kappa shape index (κ3) is 4.22. The minimum Gasteiger partial charge on any atom is -0.378 e. The Kier molecular flexibility index (Phi) is 5.15. The summed E-state index contributed by atoms with van der Waals surface area (Å²) in [6.07, 6.45) is 0.263. The van der Waals surface area contributed by atoms with Crippen molar-refractivity contribution in [2.45, 2.75) is 13.3 Å². The number of hydrogen-bond donors (Lipinski definition) is 1. The van der Waals surface area contributed by atoms with Gasteiger partial charge in [-0.1, -0.05) is 11.6 Å². The number of nitrogens with one attached hydrogen (secondary N) is 1. The van der Waals surface area contributed by atoms with Crippen molar-refractivity contribution < 1.29 is 9.53 Å². The number of ether oxygens (including phenoxy) is 1. The summed E-state index contributed by atoms with van der Waals surface area (Å²) >= 11 is 7.64. The molecule has 1 aliphatic rings. The van der Waals surface area contributed by atoms with Gasteiger partial charge in [0.25, 0.3) is 0 Å². The Balaban J connectivity index is 1.75. The lowest BCUT2D eigenvalue weighted by Gasteiger charge is -2.30. The first-order valence-electron chi connectivity index (χ1n) is 7.45. The topological polar surface area (TPSA) is 54.5 Å². The number of carbonyl (C=O) groups is 1. The molecule has 1 N–H and O–H groups in total. The normalized spacial score (nSPS) is 14.8. The number of benzene rings is 1. The van der Waals surface area contributed by atoms with Gasteiger partial charge >= 0.3 is 0 Å². The Bertz CT molecular complexity index is 698. The molecule has 1 saturated heterocycles. The average Bonchev–Trinajstić information content (AvgIpc) is 2.93. The van der Waals surface area contributed by atoms with E-state index >= 15 is 0 Å². The zero-order chi connectivity index (χ0) is 16.2. The number of hydrogen-bond acceptors (Lipinski definition) is 5. The molecule has 0 aliphatic carbocycles. The number of rotatable bonds is 4. The average molecular weight is 352 g/mol. The maximum absolute atomic E-state index is 12.3. The van der Waals surface area contributed by atoms with Gasteiger partial charge in [-0.25, -0.2) is 4.98 Å². The molecule has 1 aromatic carbocycles. The fraction of sp³-hybridized carbons (Fsp3) is 0.375. The summed E-state index contributed by atoms with van der Waals surface area (Å²) in [5.41, 5.74) is 2.50. The number of thiazole rings is 1. The number of nitrogens with zero attached hydrogens (tertiary/aromatic N) is 2. The van der Waals surface area contributed by atoms with Crippen molar-refractivity contribution in [3.63, 3.8) is 0 Å². The molecular weight excluding hydrogens is 334 g/mol. The predicted octanol–water partition coefficient (Wildman–Crippen LogP) is 3.12. The van der Waals surface area contributed by atoms with Crippen molar-refractivity contribution in [2.24, 2.45) is 0 Å². The van der Waals surface area contributed by atoms with E-state index in [1.807, 2.05) is 24.4 Å². The van der Waals surface area contributed by atoms with Crippen LogP contribution in [0, 0.1) is 6.92 Å². The molecule has 0 radical (unpaired) electrons. The second kappa shape index (κ2) is 7.29. The highest BCUT2D eigenvalue weighted by atomic mass is 35.5. The van der Waals surface area contributed by atoms with Crippen molar-refractivity contribution in [1.29, 1.82) is 0 Å². The van der Waals surface area contributed by atoms with Crippen molar-refractivity contribution in [3.05, 3.63) is 39.3 Å². The minimum atomic E-state index is -0.0907. The molecule has 7 heteroatoms. The minimum absolute atomic E-state index is 0.0907. The van der Waals surface area contributed by atoms with Crippen LogP contribution in [0.4, 0.5) is 11.4 Å². The number of carbonyl (C=O) groups excluding carboxylic acids is 1. The Labute approximate surface area is 144 Å². The van der Waals surface area contributed by atoms with E-state index in [2.05, 4.69) is 15.2 Å². The Morgan fingerprint density at radius 3 is 2.91 bits per heavy atom. The van der Waals surface area contributed by atoms with E-state index in [0.717, 1.165) is 35.2 Å². The Morgan fingerprint density at radius 2 is 2.22 bits per heavy atom. The molecule has 0 atom stereocenters. The molecule has 0 bridgehead atoms. The molecule has 0 unspecified atom stereocenters. The van der Waals surface area contributed by atoms with Gasteiger partial charge in [0, 0.05) is 23.5 Å². The van der Waals surface area contributed by atoms with Crippen LogP contribution in [0.15, 0.2) is 23.6 Å². The van der Waals surface area contributed by atoms with Gasteiger partial charge in [-0.3, -0.25) is 4.79 Å². The van der Waals surface area contributed by atoms with Gasteiger partial charge in [0.2, 0.25) is 5.91 Å². The number of aryl methyl sites for hydroxylation is 1. The van der Waals surface area contributed by atoms with Crippen LogP contribution in [0.25, 0.3) is 0 Å². The first-order chi connectivity index (χ1) is 11.1. The summed E-state index contributed by atoms with van der Waals surface area (Å²) in [5.74, 6) is -0.0907. The van der Waals surface area contributed by atoms with E-state index in [1.54, 1.807) is 17.4 Å². The van der Waals surface area contributed by atoms with Crippen LogP contribution in [-0.2, 0) is 16.0 Å². The lowest BCUT2D eigenvalue weighted by atomic mass is 10.2. The first-order valence-corrected chi connectivity index (χ1v) is 8.70. The highest BCUT2D eigenvalue weighted by molar-refractivity contribution is 7.09. The summed E-state index contributed by atoms with van der Waals surface area (Å²) < 4.78 is 5.39. The third-order valence-corrected chi connectivity index (χ3v) is 4.65. The zero-order valence-electron chi connectivity index (χ0n) is 12.8. The van der Waals surface area contributed by atoms with Crippen molar-refractivity contribution in [1.82, 2.24) is 4.98 Å².